The molecule has 0 aliphatic heterocycles. The third-order valence-corrected chi connectivity index (χ3v) is 3.13. The van der Waals surface area contributed by atoms with Gasteiger partial charge < -0.3 is 5.32 Å². The van der Waals surface area contributed by atoms with Crippen LogP contribution in [0.15, 0.2) is 36.4 Å². The van der Waals surface area contributed by atoms with Crippen LogP contribution in [0.5, 0.6) is 0 Å². The van der Waals surface area contributed by atoms with Crippen LogP contribution in [-0.2, 0) is 0 Å². The number of anilines is 1. The molecule has 1 aromatic carbocycles. The van der Waals surface area contributed by atoms with Crippen LogP contribution in [0, 0.1) is 12.3 Å². The van der Waals surface area contributed by atoms with E-state index in [9.17, 15) is 0 Å². The van der Waals surface area contributed by atoms with E-state index in [2.05, 4.69) is 84.6 Å². The minimum Gasteiger partial charge on any atom is -0.380 e. The number of nitrogens with one attached hydrogen (secondary N) is 1. The first-order valence-corrected chi connectivity index (χ1v) is 7.72. The Hall–Kier alpha value is -1.50. The summed E-state index contributed by atoms with van der Waals surface area (Å²) in [4.78, 5) is 0. The molecule has 0 saturated heterocycles. The lowest BCUT2D eigenvalue weighted by Gasteiger charge is -2.23. The van der Waals surface area contributed by atoms with Gasteiger partial charge in [-0.15, -0.1) is 0 Å². The molecule has 0 bridgehead atoms. The SMILES string of the molecule is C=C/C(=C\c1ccc(NC(C)(C)C)cc1C)CC(C)(C)C. The van der Waals surface area contributed by atoms with Crippen molar-refractivity contribution < 1.29 is 0 Å². The van der Waals surface area contributed by atoms with Gasteiger partial charge in [0.15, 0.2) is 0 Å². The molecule has 0 radical (unpaired) electrons. The summed E-state index contributed by atoms with van der Waals surface area (Å²) in [6, 6.07) is 6.56. The van der Waals surface area contributed by atoms with E-state index in [1.54, 1.807) is 0 Å². The van der Waals surface area contributed by atoms with Crippen molar-refractivity contribution in [3.05, 3.63) is 47.6 Å². The van der Waals surface area contributed by atoms with Crippen LogP contribution in [0.4, 0.5) is 5.69 Å². The summed E-state index contributed by atoms with van der Waals surface area (Å²) in [5, 5.41) is 3.51. The smallest absolute Gasteiger partial charge is 0.0347 e. The molecule has 0 saturated carbocycles. The normalized spacial score (nSPS) is 13.2. The highest BCUT2D eigenvalue weighted by atomic mass is 14.9. The Balaban J connectivity index is 3.01. The van der Waals surface area contributed by atoms with Crippen molar-refractivity contribution in [2.45, 2.75) is 60.4 Å². The van der Waals surface area contributed by atoms with Crippen molar-refractivity contribution in [1.29, 1.82) is 0 Å². The van der Waals surface area contributed by atoms with Gasteiger partial charge in [0.25, 0.3) is 0 Å². The number of aryl methyl sites for hydroxylation is 1. The predicted octanol–water partition coefficient (Wildman–Crippen LogP) is 6.21. The van der Waals surface area contributed by atoms with Gasteiger partial charge in [-0.1, -0.05) is 45.6 Å². The monoisotopic (exact) mass is 285 g/mol. The van der Waals surface area contributed by atoms with Gasteiger partial charge in [-0.05, 0) is 68.4 Å². The average Bonchev–Trinajstić information content (AvgIpc) is 2.27. The maximum atomic E-state index is 3.96. The van der Waals surface area contributed by atoms with Gasteiger partial charge in [0.05, 0.1) is 0 Å². The van der Waals surface area contributed by atoms with Crippen molar-refractivity contribution in [2.75, 3.05) is 5.32 Å². The summed E-state index contributed by atoms with van der Waals surface area (Å²) < 4.78 is 0. The van der Waals surface area contributed by atoms with E-state index in [-0.39, 0.29) is 11.0 Å². The zero-order valence-electron chi connectivity index (χ0n) is 14.8. The minimum atomic E-state index is 0.0856. The van der Waals surface area contributed by atoms with Gasteiger partial charge in [0.1, 0.15) is 0 Å². The quantitative estimate of drug-likeness (QED) is 0.648. The van der Waals surface area contributed by atoms with Crippen LogP contribution in [0.1, 0.15) is 59.1 Å². The van der Waals surface area contributed by atoms with E-state index in [0.717, 1.165) is 6.42 Å². The molecule has 0 aromatic heterocycles. The van der Waals surface area contributed by atoms with Crippen LogP contribution in [0.25, 0.3) is 6.08 Å². The van der Waals surface area contributed by atoms with E-state index < -0.39 is 0 Å². The molecule has 116 valence electrons. The van der Waals surface area contributed by atoms with E-state index in [0.29, 0.717) is 0 Å². The van der Waals surface area contributed by atoms with Gasteiger partial charge >= 0.3 is 0 Å². The Bertz CT molecular complexity index is 522. The van der Waals surface area contributed by atoms with Gasteiger partial charge in [0, 0.05) is 11.2 Å². The molecular formula is C20H31N. The summed E-state index contributed by atoms with van der Waals surface area (Å²) in [5.74, 6) is 0. The highest BCUT2D eigenvalue weighted by Gasteiger charge is 2.12. The minimum absolute atomic E-state index is 0.0856. The van der Waals surface area contributed by atoms with Gasteiger partial charge in [-0.25, -0.2) is 0 Å². The summed E-state index contributed by atoms with van der Waals surface area (Å²) in [5.41, 5.74) is 5.39. The van der Waals surface area contributed by atoms with Crippen molar-refractivity contribution >= 4 is 11.8 Å². The maximum Gasteiger partial charge on any atom is 0.0347 e. The first-order chi connectivity index (χ1) is 9.50. The summed E-state index contributed by atoms with van der Waals surface area (Å²) >= 11 is 0. The number of hydrogen-bond donors (Lipinski definition) is 1. The largest absolute Gasteiger partial charge is 0.380 e. The topological polar surface area (TPSA) is 12.0 Å². The van der Waals surface area contributed by atoms with E-state index >= 15 is 0 Å². The summed E-state index contributed by atoms with van der Waals surface area (Å²) in [7, 11) is 0. The molecule has 1 heteroatoms. The van der Waals surface area contributed by atoms with Gasteiger partial charge in [0.2, 0.25) is 0 Å². The third-order valence-electron chi connectivity index (χ3n) is 3.13. The Morgan fingerprint density at radius 2 is 1.76 bits per heavy atom. The number of rotatable bonds is 4. The molecule has 1 nitrogen and oxygen atoms in total. The molecule has 0 unspecified atom stereocenters. The zero-order chi connectivity index (χ0) is 16.3. The standard InChI is InChI=1S/C20H31N/c1-9-16(14-19(3,4)5)13-17-10-11-18(12-15(17)2)21-20(6,7)8/h9-13,21H,1,14H2,2-8H3/b16-13+. The molecule has 0 amide bonds. The molecule has 21 heavy (non-hydrogen) atoms. The molecule has 0 spiro atoms. The second kappa shape index (κ2) is 6.51. The molecule has 0 aliphatic rings. The zero-order valence-corrected chi connectivity index (χ0v) is 14.8. The Morgan fingerprint density at radius 1 is 1.14 bits per heavy atom. The van der Waals surface area contributed by atoms with E-state index in [4.69, 9.17) is 0 Å². The fourth-order valence-corrected chi connectivity index (χ4v) is 2.34. The lowest BCUT2D eigenvalue weighted by Crippen LogP contribution is -2.26. The first-order valence-electron chi connectivity index (χ1n) is 7.72. The number of allylic oxidation sites excluding steroid dienone is 2. The molecule has 0 atom stereocenters. The average molecular weight is 285 g/mol. The summed E-state index contributed by atoms with van der Waals surface area (Å²) in [6.45, 7) is 19.4. The molecule has 0 aliphatic carbocycles. The second-order valence-electron chi connectivity index (χ2n) is 8.11. The fourth-order valence-electron chi connectivity index (χ4n) is 2.34. The van der Waals surface area contributed by atoms with Crippen molar-refractivity contribution in [3.63, 3.8) is 0 Å². The maximum absolute atomic E-state index is 3.96. The molecular weight excluding hydrogens is 254 g/mol. The van der Waals surface area contributed by atoms with Crippen molar-refractivity contribution in [1.82, 2.24) is 0 Å². The molecule has 0 heterocycles. The van der Waals surface area contributed by atoms with Gasteiger partial charge in [-0.2, -0.15) is 0 Å². The molecule has 1 rings (SSSR count). The molecule has 1 N–H and O–H groups in total. The van der Waals surface area contributed by atoms with Gasteiger partial charge in [-0.3, -0.25) is 0 Å². The Labute approximate surface area is 131 Å². The van der Waals surface area contributed by atoms with Crippen LogP contribution in [-0.4, -0.2) is 5.54 Å². The highest BCUT2D eigenvalue weighted by molar-refractivity contribution is 5.63. The summed E-state index contributed by atoms with van der Waals surface area (Å²) in [6.07, 6.45) is 5.28. The van der Waals surface area contributed by atoms with Crippen LogP contribution < -0.4 is 5.32 Å². The fraction of sp³-hybridized carbons (Fsp3) is 0.500. The first kappa shape index (κ1) is 17.6. The van der Waals surface area contributed by atoms with Crippen LogP contribution in [0.2, 0.25) is 0 Å². The lowest BCUT2D eigenvalue weighted by molar-refractivity contribution is 0.414. The van der Waals surface area contributed by atoms with Crippen LogP contribution >= 0.6 is 0 Å². The van der Waals surface area contributed by atoms with Crippen molar-refractivity contribution in [3.8, 4) is 0 Å². The second-order valence-corrected chi connectivity index (χ2v) is 8.11. The number of benzene rings is 1. The Kier molecular flexibility index (Phi) is 5.44. The van der Waals surface area contributed by atoms with E-state index in [1.807, 2.05) is 6.08 Å². The van der Waals surface area contributed by atoms with Crippen molar-refractivity contribution in [2.24, 2.45) is 5.41 Å². The molecule has 1 aromatic rings. The predicted molar refractivity (Wildman–Crippen MR) is 96.8 cm³/mol. The highest BCUT2D eigenvalue weighted by Crippen LogP contribution is 2.27. The third kappa shape index (κ3) is 6.66. The Morgan fingerprint density at radius 3 is 2.19 bits per heavy atom. The molecule has 0 fully saturated rings. The van der Waals surface area contributed by atoms with Crippen LogP contribution in [0.3, 0.4) is 0 Å². The number of hydrogen-bond acceptors (Lipinski definition) is 1. The van der Waals surface area contributed by atoms with E-state index in [1.165, 1.54) is 22.4 Å². The lowest BCUT2D eigenvalue weighted by atomic mass is 9.87.